The van der Waals surface area contributed by atoms with Gasteiger partial charge in [0.2, 0.25) is 5.91 Å². The van der Waals surface area contributed by atoms with E-state index in [2.05, 4.69) is 5.32 Å². The molecule has 1 aliphatic carbocycles. The van der Waals surface area contributed by atoms with Crippen LogP contribution >= 0.6 is 11.3 Å². The maximum absolute atomic E-state index is 13.6. The summed E-state index contributed by atoms with van der Waals surface area (Å²) in [6.07, 6.45) is 5.70. The van der Waals surface area contributed by atoms with Gasteiger partial charge in [-0.05, 0) is 67.5 Å². The number of furan rings is 1. The zero-order valence-electron chi connectivity index (χ0n) is 17.3. The number of hydrogen-bond acceptors (Lipinski definition) is 4. The molecule has 1 fully saturated rings. The molecule has 0 radical (unpaired) electrons. The third-order valence-corrected chi connectivity index (χ3v) is 6.52. The van der Waals surface area contributed by atoms with Crippen LogP contribution < -0.4 is 10.2 Å². The molecule has 5 nitrogen and oxygen atoms in total. The number of nitrogens with one attached hydrogen (secondary N) is 1. The van der Waals surface area contributed by atoms with E-state index in [0.29, 0.717) is 0 Å². The monoisotopic (exact) mass is 422 g/mol. The number of carbonyl (C=O) groups excluding carboxylic acids is 2. The van der Waals surface area contributed by atoms with E-state index in [4.69, 9.17) is 4.42 Å². The van der Waals surface area contributed by atoms with Crippen LogP contribution in [0.25, 0.3) is 0 Å². The maximum atomic E-state index is 13.6. The van der Waals surface area contributed by atoms with E-state index >= 15 is 0 Å². The first-order valence-corrected chi connectivity index (χ1v) is 11.2. The van der Waals surface area contributed by atoms with E-state index in [1.165, 1.54) is 17.6 Å². The average molecular weight is 423 g/mol. The topological polar surface area (TPSA) is 62.6 Å². The first-order chi connectivity index (χ1) is 14.5. The van der Waals surface area contributed by atoms with E-state index in [1.54, 1.807) is 17.0 Å². The number of hydrogen-bond donors (Lipinski definition) is 1. The largest absolute Gasteiger partial charge is 0.459 e. The Morgan fingerprint density at radius 3 is 2.60 bits per heavy atom. The lowest BCUT2D eigenvalue weighted by molar-refractivity contribution is -0.123. The van der Waals surface area contributed by atoms with Gasteiger partial charge >= 0.3 is 0 Å². The smallest absolute Gasteiger partial charge is 0.295 e. The number of anilines is 1. The molecule has 1 saturated carbocycles. The third kappa shape index (κ3) is 4.19. The molecule has 2 heterocycles. The summed E-state index contributed by atoms with van der Waals surface area (Å²) in [6, 6.07) is 12.5. The van der Waals surface area contributed by atoms with Gasteiger partial charge in [-0.3, -0.25) is 14.5 Å². The fraction of sp³-hybridized carbons (Fsp3) is 0.333. The van der Waals surface area contributed by atoms with Gasteiger partial charge in [0.1, 0.15) is 0 Å². The highest BCUT2D eigenvalue weighted by Crippen LogP contribution is 2.35. The second kappa shape index (κ2) is 8.88. The molecule has 0 bridgehead atoms. The molecule has 3 aromatic rings. The average Bonchev–Trinajstić information content (AvgIpc) is 3.50. The van der Waals surface area contributed by atoms with Crippen LogP contribution in [0, 0.1) is 13.8 Å². The molecule has 156 valence electrons. The molecule has 2 aromatic heterocycles. The summed E-state index contributed by atoms with van der Waals surface area (Å²) in [5, 5.41) is 5.13. The number of aryl methyl sites for hydroxylation is 2. The Bertz CT molecular complexity index is 1010. The summed E-state index contributed by atoms with van der Waals surface area (Å²) in [5.74, 6) is -0.259. The molecule has 1 atom stereocenters. The quantitative estimate of drug-likeness (QED) is 0.578. The molecule has 0 spiro atoms. The van der Waals surface area contributed by atoms with Gasteiger partial charge in [0.05, 0.1) is 6.26 Å². The SMILES string of the molecule is Cc1ccc(C)c(N(C(=O)c2ccco2)C(C(=O)NC2CCCC2)c2cccs2)c1. The van der Waals surface area contributed by atoms with Crippen LogP contribution in [0.4, 0.5) is 5.69 Å². The van der Waals surface area contributed by atoms with E-state index in [0.717, 1.165) is 47.4 Å². The highest BCUT2D eigenvalue weighted by atomic mass is 32.1. The summed E-state index contributed by atoms with van der Waals surface area (Å²) in [6.45, 7) is 3.94. The van der Waals surface area contributed by atoms with Crippen molar-refractivity contribution in [3.05, 3.63) is 75.9 Å². The van der Waals surface area contributed by atoms with Crippen molar-refractivity contribution in [3.8, 4) is 0 Å². The standard InChI is InChI=1S/C24H26N2O3S/c1-16-11-12-17(2)19(15-16)26(24(28)20-9-5-13-29-20)22(21-10-6-14-30-21)23(27)25-18-7-3-4-8-18/h5-6,9-15,18,22H,3-4,7-8H2,1-2H3,(H,25,27). The molecular formula is C24H26N2O3S. The fourth-order valence-corrected chi connectivity index (χ4v) is 4.85. The van der Waals surface area contributed by atoms with Crippen LogP contribution in [0.15, 0.2) is 58.5 Å². The van der Waals surface area contributed by atoms with Crippen molar-refractivity contribution in [2.75, 3.05) is 4.90 Å². The van der Waals surface area contributed by atoms with Crippen molar-refractivity contribution < 1.29 is 14.0 Å². The number of rotatable bonds is 6. The number of nitrogens with zero attached hydrogens (tertiary/aromatic N) is 1. The predicted molar refractivity (Wildman–Crippen MR) is 119 cm³/mol. The van der Waals surface area contributed by atoms with Crippen LogP contribution in [0.2, 0.25) is 0 Å². The molecule has 4 rings (SSSR count). The van der Waals surface area contributed by atoms with Gasteiger partial charge in [0.25, 0.3) is 5.91 Å². The lowest BCUT2D eigenvalue weighted by atomic mass is 10.0. The third-order valence-electron chi connectivity index (χ3n) is 5.60. The molecule has 1 unspecified atom stereocenters. The van der Waals surface area contributed by atoms with Crippen molar-refractivity contribution in [1.29, 1.82) is 0 Å². The van der Waals surface area contributed by atoms with Gasteiger partial charge in [-0.2, -0.15) is 0 Å². The molecule has 30 heavy (non-hydrogen) atoms. The molecule has 0 aliphatic heterocycles. The van der Waals surface area contributed by atoms with Gasteiger partial charge in [-0.1, -0.05) is 31.0 Å². The summed E-state index contributed by atoms with van der Waals surface area (Å²) in [5.41, 5.74) is 2.67. The van der Waals surface area contributed by atoms with Crippen LogP contribution in [-0.4, -0.2) is 17.9 Å². The Balaban J connectivity index is 1.81. The zero-order chi connectivity index (χ0) is 21.1. The highest BCUT2D eigenvalue weighted by molar-refractivity contribution is 7.10. The summed E-state index contributed by atoms with van der Waals surface area (Å²) in [4.78, 5) is 29.6. The fourth-order valence-electron chi connectivity index (χ4n) is 4.03. The minimum atomic E-state index is -0.760. The van der Waals surface area contributed by atoms with Crippen LogP contribution in [0.5, 0.6) is 0 Å². The van der Waals surface area contributed by atoms with Gasteiger partial charge < -0.3 is 9.73 Å². The lowest BCUT2D eigenvalue weighted by Gasteiger charge is -2.32. The number of benzene rings is 1. The minimum absolute atomic E-state index is 0.148. The molecule has 2 amide bonds. The van der Waals surface area contributed by atoms with Crippen molar-refractivity contribution in [3.63, 3.8) is 0 Å². The van der Waals surface area contributed by atoms with Gasteiger partial charge in [-0.25, -0.2) is 0 Å². The Kier molecular flexibility index (Phi) is 6.04. The van der Waals surface area contributed by atoms with Gasteiger partial charge in [0, 0.05) is 16.6 Å². The molecular weight excluding hydrogens is 396 g/mol. The van der Waals surface area contributed by atoms with Gasteiger partial charge in [-0.15, -0.1) is 11.3 Å². The van der Waals surface area contributed by atoms with Crippen LogP contribution in [-0.2, 0) is 4.79 Å². The second-order valence-corrected chi connectivity index (χ2v) is 8.83. The summed E-state index contributed by atoms with van der Waals surface area (Å²) in [7, 11) is 0. The second-order valence-electron chi connectivity index (χ2n) is 7.85. The predicted octanol–water partition coefficient (Wildman–Crippen LogP) is 5.40. The Morgan fingerprint density at radius 1 is 1.13 bits per heavy atom. The molecule has 6 heteroatoms. The molecule has 1 aromatic carbocycles. The lowest BCUT2D eigenvalue weighted by Crippen LogP contribution is -2.46. The summed E-state index contributed by atoms with van der Waals surface area (Å²) < 4.78 is 5.43. The maximum Gasteiger partial charge on any atom is 0.295 e. The zero-order valence-corrected chi connectivity index (χ0v) is 18.1. The Labute approximate surface area is 180 Å². The number of thiophene rings is 1. The van der Waals surface area contributed by atoms with Crippen molar-refractivity contribution in [2.24, 2.45) is 0 Å². The highest BCUT2D eigenvalue weighted by Gasteiger charge is 2.37. The minimum Gasteiger partial charge on any atom is -0.459 e. The van der Waals surface area contributed by atoms with Crippen molar-refractivity contribution >= 4 is 28.8 Å². The Morgan fingerprint density at radius 2 is 1.93 bits per heavy atom. The molecule has 1 aliphatic rings. The molecule has 1 N–H and O–H groups in total. The normalized spacial score (nSPS) is 15.1. The van der Waals surface area contributed by atoms with E-state index in [-0.39, 0.29) is 23.6 Å². The number of amides is 2. The number of carbonyl (C=O) groups is 2. The van der Waals surface area contributed by atoms with Crippen LogP contribution in [0.3, 0.4) is 0 Å². The first-order valence-electron chi connectivity index (χ1n) is 10.3. The van der Waals surface area contributed by atoms with Crippen LogP contribution in [0.1, 0.15) is 58.3 Å². The van der Waals surface area contributed by atoms with E-state index in [9.17, 15) is 9.59 Å². The summed E-state index contributed by atoms with van der Waals surface area (Å²) >= 11 is 1.48. The molecule has 0 saturated heterocycles. The van der Waals surface area contributed by atoms with E-state index in [1.807, 2.05) is 49.6 Å². The van der Waals surface area contributed by atoms with Crippen molar-refractivity contribution in [2.45, 2.75) is 51.6 Å². The first kappa shape index (κ1) is 20.4. The van der Waals surface area contributed by atoms with Gasteiger partial charge in [0.15, 0.2) is 11.8 Å². The van der Waals surface area contributed by atoms with E-state index < -0.39 is 6.04 Å². The van der Waals surface area contributed by atoms with Crippen molar-refractivity contribution in [1.82, 2.24) is 5.32 Å². The Hall–Kier alpha value is -2.86.